The number of carbonyl (C=O) groups is 2. The van der Waals surface area contributed by atoms with E-state index in [9.17, 15) is 9.59 Å². The molecule has 0 atom stereocenters. The number of amides is 1. The van der Waals surface area contributed by atoms with Gasteiger partial charge in [-0.25, -0.2) is 0 Å². The van der Waals surface area contributed by atoms with E-state index in [0.717, 1.165) is 32.2 Å². The Kier molecular flexibility index (Phi) is 5.83. The molecule has 1 saturated carbocycles. The molecule has 0 aliphatic heterocycles. The van der Waals surface area contributed by atoms with Gasteiger partial charge in [0.05, 0.1) is 0 Å². The van der Waals surface area contributed by atoms with Crippen molar-refractivity contribution >= 4 is 11.7 Å². The first-order valence-electron chi connectivity index (χ1n) is 7.23. The first-order valence-corrected chi connectivity index (χ1v) is 7.23. The van der Waals surface area contributed by atoms with Crippen molar-refractivity contribution in [2.75, 3.05) is 6.54 Å². The molecule has 0 aromatic carbocycles. The van der Waals surface area contributed by atoms with E-state index in [1.807, 2.05) is 13.8 Å². The largest absolute Gasteiger partial charge is 0.356 e. The average Bonchev–Trinajstić information content (AvgIpc) is 2.35. The predicted molar refractivity (Wildman–Crippen MR) is 73.1 cm³/mol. The molecular weight excluding hydrogens is 226 g/mol. The third-order valence-electron chi connectivity index (χ3n) is 3.75. The average molecular weight is 253 g/mol. The van der Waals surface area contributed by atoms with Gasteiger partial charge < -0.3 is 5.32 Å². The molecule has 1 amide bonds. The molecule has 0 aromatic rings. The van der Waals surface area contributed by atoms with Crippen molar-refractivity contribution in [3.8, 4) is 0 Å². The van der Waals surface area contributed by atoms with Crippen molar-refractivity contribution in [3.63, 3.8) is 0 Å². The number of ketones is 1. The van der Waals surface area contributed by atoms with Crippen LogP contribution >= 0.6 is 0 Å². The number of rotatable bonds is 5. The van der Waals surface area contributed by atoms with Gasteiger partial charge in [-0.2, -0.15) is 0 Å². The van der Waals surface area contributed by atoms with Gasteiger partial charge in [-0.15, -0.1) is 0 Å². The van der Waals surface area contributed by atoms with E-state index >= 15 is 0 Å². The molecule has 1 aliphatic rings. The van der Waals surface area contributed by atoms with Crippen LogP contribution in [0.25, 0.3) is 0 Å². The molecule has 0 heterocycles. The maximum absolute atomic E-state index is 11.9. The summed E-state index contributed by atoms with van der Waals surface area (Å²) in [5.41, 5.74) is 0. The van der Waals surface area contributed by atoms with Crippen LogP contribution in [-0.2, 0) is 9.59 Å². The van der Waals surface area contributed by atoms with E-state index in [2.05, 4.69) is 19.2 Å². The molecule has 0 aromatic heterocycles. The van der Waals surface area contributed by atoms with Crippen LogP contribution in [0.15, 0.2) is 0 Å². The lowest BCUT2D eigenvalue weighted by Crippen LogP contribution is -2.36. The zero-order valence-corrected chi connectivity index (χ0v) is 12.2. The standard InChI is InChI=1S/C15H27NO2/c1-10(2)9-16-15(18)13-7-5-12(6-8-13)14(17)11(3)4/h10-13H,5-9H2,1-4H3,(H,16,18). The van der Waals surface area contributed by atoms with E-state index in [1.54, 1.807) is 0 Å². The Balaban J connectivity index is 2.35. The van der Waals surface area contributed by atoms with Gasteiger partial charge in [0.15, 0.2) is 0 Å². The molecule has 0 saturated heterocycles. The molecule has 1 rings (SSSR count). The minimum Gasteiger partial charge on any atom is -0.356 e. The summed E-state index contributed by atoms with van der Waals surface area (Å²) < 4.78 is 0. The van der Waals surface area contributed by atoms with Gasteiger partial charge in [-0.1, -0.05) is 27.7 Å². The Bertz CT molecular complexity index is 289. The van der Waals surface area contributed by atoms with Crippen molar-refractivity contribution < 1.29 is 9.59 Å². The molecule has 0 bridgehead atoms. The Labute approximate surface area is 111 Å². The summed E-state index contributed by atoms with van der Waals surface area (Å²) >= 11 is 0. The topological polar surface area (TPSA) is 46.2 Å². The minimum atomic E-state index is 0.125. The van der Waals surface area contributed by atoms with Crippen LogP contribution < -0.4 is 5.32 Å². The lowest BCUT2D eigenvalue weighted by Gasteiger charge is -2.28. The molecule has 104 valence electrons. The van der Waals surface area contributed by atoms with Crippen molar-refractivity contribution in [1.29, 1.82) is 0 Å². The molecule has 0 unspecified atom stereocenters. The third kappa shape index (κ3) is 4.43. The SMILES string of the molecule is CC(C)CNC(=O)C1CCC(C(=O)C(C)C)CC1. The summed E-state index contributed by atoms with van der Waals surface area (Å²) in [6.45, 7) is 8.87. The maximum Gasteiger partial charge on any atom is 0.223 e. The molecule has 0 radical (unpaired) electrons. The molecule has 18 heavy (non-hydrogen) atoms. The first kappa shape index (κ1) is 15.2. The number of carbonyl (C=O) groups excluding carboxylic acids is 2. The highest BCUT2D eigenvalue weighted by atomic mass is 16.2. The van der Waals surface area contributed by atoms with Crippen molar-refractivity contribution in [1.82, 2.24) is 5.32 Å². The van der Waals surface area contributed by atoms with Gasteiger partial charge in [0, 0.05) is 24.3 Å². The van der Waals surface area contributed by atoms with Crippen LogP contribution in [0.5, 0.6) is 0 Å². The quantitative estimate of drug-likeness (QED) is 0.819. The second-order valence-electron chi connectivity index (χ2n) is 6.24. The summed E-state index contributed by atoms with van der Waals surface area (Å²) in [7, 11) is 0. The third-order valence-corrected chi connectivity index (χ3v) is 3.75. The Morgan fingerprint density at radius 3 is 1.94 bits per heavy atom. The monoisotopic (exact) mass is 253 g/mol. The molecule has 3 nitrogen and oxygen atoms in total. The lowest BCUT2D eigenvalue weighted by atomic mass is 9.77. The summed E-state index contributed by atoms with van der Waals surface area (Å²) in [4.78, 5) is 23.8. The molecular formula is C15H27NO2. The van der Waals surface area contributed by atoms with Crippen LogP contribution in [0.3, 0.4) is 0 Å². The van der Waals surface area contributed by atoms with E-state index in [-0.39, 0.29) is 23.7 Å². The van der Waals surface area contributed by atoms with E-state index in [1.165, 1.54) is 0 Å². The number of Topliss-reactive ketones (excluding diaryl/α,β-unsaturated/α-hetero) is 1. The minimum absolute atomic E-state index is 0.125. The number of hydrogen-bond acceptors (Lipinski definition) is 2. The molecule has 1 aliphatic carbocycles. The Morgan fingerprint density at radius 2 is 1.50 bits per heavy atom. The molecule has 1 fully saturated rings. The highest BCUT2D eigenvalue weighted by Gasteiger charge is 2.30. The van der Waals surface area contributed by atoms with Crippen LogP contribution in [0.4, 0.5) is 0 Å². The van der Waals surface area contributed by atoms with Crippen LogP contribution in [-0.4, -0.2) is 18.2 Å². The summed E-state index contributed by atoms with van der Waals surface area (Å²) in [5, 5.41) is 2.99. The first-order chi connectivity index (χ1) is 8.41. The van der Waals surface area contributed by atoms with Crippen LogP contribution in [0.2, 0.25) is 0 Å². The Hall–Kier alpha value is -0.860. The van der Waals surface area contributed by atoms with Crippen LogP contribution in [0, 0.1) is 23.7 Å². The second kappa shape index (κ2) is 6.91. The van der Waals surface area contributed by atoms with Gasteiger partial charge in [0.1, 0.15) is 5.78 Å². The summed E-state index contributed by atoms with van der Waals surface area (Å²) in [5.74, 6) is 1.49. The maximum atomic E-state index is 11.9. The summed E-state index contributed by atoms with van der Waals surface area (Å²) in [6, 6.07) is 0. The number of nitrogens with one attached hydrogen (secondary N) is 1. The predicted octanol–water partition coefficient (Wildman–Crippen LogP) is 2.79. The second-order valence-corrected chi connectivity index (χ2v) is 6.24. The van der Waals surface area contributed by atoms with Gasteiger partial charge in [0.25, 0.3) is 0 Å². The zero-order valence-electron chi connectivity index (χ0n) is 12.2. The van der Waals surface area contributed by atoms with E-state index < -0.39 is 0 Å². The van der Waals surface area contributed by atoms with E-state index in [0.29, 0.717) is 11.7 Å². The molecule has 3 heteroatoms. The molecule has 0 spiro atoms. The normalized spacial score (nSPS) is 24.3. The fourth-order valence-electron chi connectivity index (χ4n) is 2.56. The fourth-order valence-corrected chi connectivity index (χ4v) is 2.56. The smallest absolute Gasteiger partial charge is 0.223 e. The fraction of sp³-hybridized carbons (Fsp3) is 0.867. The van der Waals surface area contributed by atoms with Crippen LogP contribution in [0.1, 0.15) is 53.4 Å². The highest BCUT2D eigenvalue weighted by Crippen LogP contribution is 2.31. The van der Waals surface area contributed by atoms with Crippen molar-refractivity contribution in [2.45, 2.75) is 53.4 Å². The van der Waals surface area contributed by atoms with E-state index in [4.69, 9.17) is 0 Å². The Morgan fingerprint density at radius 1 is 1.00 bits per heavy atom. The van der Waals surface area contributed by atoms with Gasteiger partial charge in [-0.3, -0.25) is 9.59 Å². The lowest BCUT2D eigenvalue weighted by molar-refractivity contribution is -0.131. The van der Waals surface area contributed by atoms with Gasteiger partial charge in [0.2, 0.25) is 5.91 Å². The molecule has 1 N–H and O–H groups in total. The van der Waals surface area contributed by atoms with Crippen molar-refractivity contribution in [2.24, 2.45) is 23.7 Å². The zero-order chi connectivity index (χ0) is 13.7. The summed E-state index contributed by atoms with van der Waals surface area (Å²) in [6.07, 6.45) is 3.51. The number of hydrogen-bond donors (Lipinski definition) is 1. The highest BCUT2D eigenvalue weighted by molar-refractivity contribution is 5.83. The van der Waals surface area contributed by atoms with Gasteiger partial charge >= 0.3 is 0 Å². The van der Waals surface area contributed by atoms with Crippen molar-refractivity contribution in [3.05, 3.63) is 0 Å². The van der Waals surface area contributed by atoms with Gasteiger partial charge in [-0.05, 0) is 31.6 Å².